The van der Waals surface area contributed by atoms with E-state index in [1.807, 2.05) is 0 Å². The third-order valence-electron chi connectivity index (χ3n) is 4.12. The minimum Gasteiger partial charge on any atom is -0.466 e. The van der Waals surface area contributed by atoms with Gasteiger partial charge in [0.15, 0.2) is 0 Å². The average Bonchev–Trinajstić information content (AvgIpc) is 2.98. The van der Waals surface area contributed by atoms with Crippen molar-refractivity contribution in [3.8, 4) is 0 Å². The molecule has 21 heavy (non-hydrogen) atoms. The molecule has 0 amide bonds. The lowest BCUT2D eigenvalue weighted by molar-refractivity contribution is -0.384. The van der Waals surface area contributed by atoms with Crippen LogP contribution in [0.15, 0.2) is 24.3 Å². The summed E-state index contributed by atoms with van der Waals surface area (Å²) in [5.74, 6) is 0.0155. The van der Waals surface area contributed by atoms with E-state index in [-0.39, 0.29) is 17.6 Å². The Morgan fingerprint density at radius 1 is 1.33 bits per heavy atom. The van der Waals surface area contributed by atoms with Gasteiger partial charge in [0.2, 0.25) is 0 Å². The highest BCUT2D eigenvalue weighted by Crippen LogP contribution is 2.35. The predicted octanol–water partition coefficient (Wildman–Crippen LogP) is 3.82. The summed E-state index contributed by atoms with van der Waals surface area (Å²) >= 11 is 0. The Morgan fingerprint density at radius 3 is 2.48 bits per heavy atom. The molecule has 0 spiro atoms. The summed E-state index contributed by atoms with van der Waals surface area (Å²) in [7, 11) is 0. The quantitative estimate of drug-likeness (QED) is 0.454. The lowest BCUT2D eigenvalue weighted by atomic mass is 9.88. The second-order valence-corrected chi connectivity index (χ2v) is 5.54. The molecular formula is C16H21NO4. The lowest BCUT2D eigenvalue weighted by Gasteiger charge is -2.19. The maximum absolute atomic E-state index is 12.2. The van der Waals surface area contributed by atoms with Crippen LogP contribution in [-0.2, 0) is 9.53 Å². The van der Waals surface area contributed by atoms with Gasteiger partial charge in [0, 0.05) is 12.1 Å². The number of ether oxygens (including phenoxy) is 1. The molecule has 1 atom stereocenters. The molecule has 0 heterocycles. The van der Waals surface area contributed by atoms with Gasteiger partial charge in [0.1, 0.15) is 0 Å². The van der Waals surface area contributed by atoms with Crippen molar-refractivity contribution in [3.63, 3.8) is 0 Å². The minimum absolute atomic E-state index is 0.0437. The third-order valence-corrected chi connectivity index (χ3v) is 4.12. The summed E-state index contributed by atoms with van der Waals surface area (Å²) in [6.45, 7) is 2.15. The van der Waals surface area contributed by atoms with Crippen LogP contribution >= 0.6 is 0 Å². The van der Waals surface area contributed by atoms with Crippen LogP contribution in [0.5, 0.6) is 0 Å². The smallest absolute Gasteiger partial charge is 0.313 e. The van der Waals surface area contributed by atoms with Crippen molar-refractivity contribution in [2.45, 2.75) is 44.9 Å². The monoisotopic (exact) mass is 291 g/mol. The zero-order chi connectivity index (χ0) is 15.2. The van der Waals surface area contributed by atoms with Crippen molar-refractivity contribution in [1.82, 2.24) is 0 Å². The van der Waals surface area contributed by atoms with Gasteiger partial charge in [0.05, 0.1) is 17.4 Å². The van der Waals surface area contributed by atoms with Gasteiger partial charge >= 0.3 is 5.97 Å². The lowest BCUT2D eigenvalue weighted by Crippen LogP contribution is -2.18. The first-order valence-electron chi connectivity index (χ1n) is 7.52. The van der Waals surface area contributed by atoms with Gasteiger partial charge in [-0.3, -0.25) is 14.9 Å². The molecule has 0 radical (unpaired) electrons. The number of hydrogen-bond acceptors (Lipinski definition) is 4. The van der Waals surface area contributed by atoms with Crippen LogP contribution in [0.2, 0.25) is 0 Å². The third kappa shape index (κ3) is 4.03. The number of carbonyl (C=O) groups excluding carboxylic acids is 1. The fraction of sp³-hybridized carbons (Fsp3) is 0.562. The number of carbonyl (C=O) groups is 1. The van der Waals surface area contributed by atoms with E-state index in [1.165, 1.54) is 25.0 Å². The van der Waals surface area contributed by atoms with Crippen molar-refractivity contribution in [3.05, 3.63) is 39.9 Å². The number of benzene rings is 1. The second kappa shape index (κ2) is 7.20. The van der Waals surface area contributed by atoms with Gasteiger partial charge in [-0.2, -0.15) is 0 Å². The number of nitrogens with zero attached hydrogens (tertiary/aromatic N) is 1. The zero-order valence-corrected chi connectivity index (χ0v) is 12.3. The molecule has 1 aromatic rings. The molecule has 0 aliphatic heterocycles. The highest BCUT2D eigenvalue weighted by molar-refractivity contribution is 5.78. The molecule has 1 aliphatic carbocycles. The summed E-state index contributed by atoms with van der Waals surface area (Å²) in [5, 5.41) is 10.7. The first-order valence-corrected chi connectivity index (χ1v) is 7.52. The van der Waals surface area contributed by atoms with E-state index in [1.54, 1.807) is 19.1 Å². The van der Waals surface area contributed by atoms with Crippen molar-refractivity contribution in [2.75, 3.05) is 6.61 Å². The normalized spacial score (nSPS) is 16.6. The first-order chi connectivity index (χ1) is 10.1. The summed E-state index contributed by atoms with van der Waals surface area (Å²) in [6, 6.07) is 6.26. The summed E-state index contributed by atoms with van der Waals surface area (Å²) in [6.07, 6.45) is 5.53. The molecule has 0 N–H and O–H groups in total. The molecule has 1 fully saturated rings. The Hall–Kier alpha value is -1.91. The van der Waals surface area contributed by atoms with Crippen LogP contribution in [0.4, 0.5) is 5.69 Å². The van der Waals surface area contributed by atoms with Gasteiger partial charge in [-0.05, 0) is 24.8 Å². The summed E-state index contributed by atoms with van der Waals surface area (Å²) < 4.78 is 5.17. The zero-order valence-electron chi connectivity index (χ0n) is 12.3. The van der Waals surface area contributed by atoms with Crippen LogP contribution in [0.1, 0.15) is 50.5 Å². The Labute approximate surface area is 124 Å². The molecule has 0 bridgehead atoms. The molecule has 1 aliphatic rings. The van der Waals surface area contributed by atoms with Crippen LogP contribution in [-0.4, -0.2) is 17.5 Å². The van der Waals surface area contributed by atoms with Gasteiger partial charge in [-0.1, -0.05) is 37.8 Å². The van der Waals surface area contributed by atoms with E-state index in [4.69, 9.17) is 4.74 Å². The van der Waals surface area contributed by atoms with E-state index in [9.17, 15) is 14.9 Å². The molecule has 0 unspecified atom stereocenters. The Morgan fingerprint density at radius 2 is 1.95 bits per heavy atom. The predicted molar refractivity (Wildman–Crippen MR) is 79.0 cm³/mol. The highest BCUT2D eigenvalue weighted by Gasteiger charge is 2.27. The van der Waals surface area contributed by atoms with E-state index < -0.39 is 4.92 Å². The van der Waals surface area contributed by atoms with Crippen molar-refractivity contribution in [1.29, 1.82) is 0 Å². The van der Waals surface area contributed by atoms with Crippen LogP contribution < -0.4 is 0 Å². The molecule has 2 rings (SSSR count). The number of nitro benzene ring substituents is 1. The standard InChI is InChI=1S/C16H21NO4/c1-2-21-16(18)15(11-12-5-3-4-6-12)13-7-9-14(10-8-13)17(19)20/h7-10,12,15H,2-6,11H2,1H3/t15-/m0/s1. The largest absolute Gasteiger partial charge is 0.466 e. The molecule has 5 heteroatoms. The Bertz CT molecular complexity index is 492. The molecular weight excluding hydrogens is 270 g/mol. The van der Waals surface area contributed by atoms with Gasteiger partial charge in [-0.25, -0.2) is 0 Å². The number of esters is 1. The molecule has 0 aromatic heterocycles. The summed E-state index contributed by atoms with van der Waals surface area (Å²) in [4.78, 5) is 22.5. The molecule has 114 valence electrons. The molecule has 5 nitrogen and oxygen atoms in total. The second-order valence-electron chi connectivity index (χ2n) is 5.54. The van der Waals surface area contributed by atoms with Gasteiger partial charge in [-0.15, -0.1) is 0 Å². The Kier molecular flexibility index (Phi) is 5.31. The number of nitro groups is 1. The topological polar surface area (TPSA) is 69.4 Å². The minimum atomic E-state index is -0.430. The highest BCUT2D eigenvalue weighted by atomic mass is 16.6. The fourth-order valence-electron chi connectivity index (χ4n) is 3.02. The number of rotatable bonds is 6. The van der Waals surface area contributed by atoms with E-state index in [2.05, 4.69) is 0 Å². The summed E-state index contributed by atoms with van der Waals surface area (Å²) in [5.41, 5.74) is 0.855. The van der Waals surface area contributed by atoms with Gasteiger partial charge < -0.3 is 4.74 Å². The van der Waals surface area contributed by atoms with E-state index >= 15 is 0 Å². The van der Waals surface area contributed by atoms with Crippen molar-refractivity contribution >= 4 is 11.7 Å². The van der Waals surface area contributed by atoms with Crippen LogP contribution in [0.3, 0.4) is 0 Å². The Balaban J connectivity index is 2.16. The van der Waals surface area contributed by atoms with Crippen molar-refractivity contribution in [2.24, 2.45) is 5.92 Å². The molecule has 0 saturated heterocycles. The maximum Gasteiger partial charge on any atom is 0.313 e. The van der Waals surface area contributed by atoms with Crippen molar-refractivity contribution < 1.29 is 14.5 Å². The van der Waals surface area contributed by atoms with E-state index in [0.717, 1.165) is 24.8 Å². The number of non-ortho nitro benzene ring substituents is 1. The first kappa shape index (κ1) is 15.5. The average molecular weight is 291 g/mol. The van der Waals surface area contributed by atoms with E-state index in [0.29, 0.717) is 12.5 Å². The maximum atomic E-state index is 12.2. The van der Waals surface area contributed by atoms with Crippen LogP contribution in [0, 0.1) is 16.0 Å². The molecule has 1 saturated carbocycles. The number of hydrogen-bond donors (Lipinski definition) is 0. The SMILES string of the molecule is CCOC(=O)[C@@H](CC1CCCC1)c1ccc([N+](=O)[O-])cc1. The fourth-order valence-corrected chi connectivity index (χ4v) is 3.02. The van der Waals surface area contributed by atoms with Crippen LogP contribution in [0.25, 0.3) is 0 Å². The van der Waals surface area contributed by atoms with Gasteiger partial charge in [0.25, 0.3) is 5.69 Å². The molecule has 1 aromatic carbocycles.